The number of hydrogen-bond donors (Lipinski definition) is 1. The minimum atomic E-state index is -0.243. The fraction of sp³-hybridized carbons (Fsp3) is 0.750. The van der Waals surface area contributed by atoms with Crippen LogP contribution < -0.4 is 5.48 Å². The molecule has 1 heterocycles. The zero-order chi connectivity index (χ0) is 12.8. The summed E-state index contributed by atoms with van der Waals surface area (Å²) in [7, 11) is 0. The highest BCUT2D eigenvalue weighted by molar-refractivity contribution is 5.71. The van der Waals surface area contributed by atoms with Crippen molar-refractivity contribution in [3.8, 4) is 0 Å². The van der Waals surface area contributed by atoms with Crippen molar-refractivity contribution < 1.29 is 14.4 Å². The van der Waals surface area contributed by atoms with Crippen molar-refractivity contribution in [2.75, 3.05) is 6.61 Å². The van der Waals surface area contributed by atoms with Crippen molar-refractivity contribution in [3.63, 3.8) is 0 Å². The summed E-state index contributed by atoms with van der Waals surface area (Å²) in [4.78, 5) is 15.3. The summed E-state index contributed by atoms with van der Waals surface area (Å²) in [5.74, 6) is -0.195. The number of amides is 1. The Hall–Kier alpha value is -0.870. The lowest BCUT2D eigenvalue weighted by Crippen LogP contribution is -2.31. The van der Waals surface area contributed by atoms with Gasteiger partial charge in [0.2, 0.25) is 5.91 Å². The summed E-state index contributed by atoms with van der Waals surface area (Å²) in [5, 5.41) is 0. The van der Waals surface area contributed by atoms with Gasteiger partial charge in [-0.05, 0) is 19.8 Å². The number of ether oxygens (including phenoxy) is 1. The van der Waals surface area contributed by atoms with Gasteiger partial charge < -0.3 is 4.74 Å². The third-order valence-electron chi connectivity index (χ3n) is 1.47. The number of hydroxylamine groups is 1. The number of allylic oxidation sites excluding steroid dienone is 1. The van der Waals surface area contributed by atoms with Crippen LogP contribution in [0.2, 0.25) is 0 Å². The predicted octanol–water partition coefficient (Wildman–Crippen LogP) is 2.80. The summed E-state index contributed by atoms with van der Waals surface area (Å²) in [5.41, 5.74) is 2.25. The molecule has 0 saturated carbocycles. The second-order valence-electron chi connectivity index (χ2n) is 2.98. The van der Waals surface area contributed by atoms with Crippen molar-refractivity contribution in [3.05, 3.63) is 12.7 Å². The number of carbonyl (C=O) groups excluding carboxylic acids is 1. The normalized spacial score (nSPS) is 18.1. The SMILES string of the molecule is C=CC.CC.CC(=O)NOC1CCCCO1. The van der Waals surface area contributed by atoms with Gasteiger partial charge in [0, 0.05) is 20.0 Å². The quantitative estimate of drug-likeness (QED) is 0.587. The van der Waals surface area contributed by atoms with Gasteiger partial charge in [0.05, 0.1) is 0 Å². The van der Waals surface area contributed by atoms with Crippen molar-refractivity contribution in [2.45, 2.75) is 53.2 Å². The van der Waals surface area contributed by atoms with Crippen LogP contribution in [0.4, 0.5) is 0 Å². The van der Waals surface area contributed by atoms with Crippen LogP contribution in [0.1, 0.15) is 47.0 Å². The maximum Gasteiger partial charge on any atom is 0.240 e. The van der Waals surface area contributed by atoms with Crippen LogP contribution in [0, 0.1) is 0 Å². The number of nitrogens with one attached hydrogen (secondary N) is 1. The third-order valence-corrected chi connectivity index (χ3v) is 1.47. The van der Waals surface area contributed by atoms with E-state index in [-0.39, 0.29) is 12.2 Å². The number of rotatable bonds is 2. The highest BCUT2D eigenvalue weighted by Gasteiger charge is 2.14. The van der Waals surface area contributed by atoms with Gasteiger partial charge in [-0.3, -0.25) is 4.79 Å². The molecule has 1 N–H and O–H groups in total. The Morgan fingerprint density at radius 3 is 2.44 bits per heavy atom. The molecule has 1 rings (SSSR count). The summed E-state index contributed by atoms with van der Waals surface area (Å²) < 4.78 is 5.19. The molecule has 0 aromatic rings. The highest BCUT2D eigenvalue weighted by Crippen LogP contribution is 2.12. The molecule has 1 fully saturated rings. The average Bonchev–Trinajstić information content (AvgIpc) is 2.31. The van der Waals surface area contributed by atoms with E-state index in [0.717, 1.165) is 25.9 Å². The highest BCUT2D eigenvalue weighted by atomic mass is 16.8. The van der Waals surface area contributed by atoms with Gasteiger partial charge in [-0.15, -0.1) is 6.58 Å². The number of carbonyl (C=O) groups is 1. The van der Waals surface area contributed by atoms with E-state index in [2.05, 4.69) is 12.1 Å². The van der Waals surface area contributed by atoms with E-state index < -0.39 is 0 Å². The molecule has 96 valence electrons. The largest absolute Gasteiger partial charge is 0.350 e. The summed E-state index contributed by atoms with van der Waals surface area (Å²) in [6.45, 7) is 11.4. The molecular weight excluding hydrogens is 206 g/mol. The molecule has 4 heteroatoms. The second-order valence-corrected chi connectivity index (χ2v) is 2.98. The molecule has 1 aliphatic heterocycles. The first kappa shape index (κ1) is 17.5. The zero-order valence-electron chi connectivity index (χ0n) is 10.9. The molecule has 1 unspecified atom stereocenters. The first-order valence-electron chi connectivity index (χ1n) is 5.81. The molecule has 1 amide bonds. The van der Waals surface area contributed by atoms with E-state index in [0.29, 0.717) is 0 Å². The topological polar surface area (TPSA) is 47.6 Å². The third kappa shape index (κ3) is 13.1. The smallest absolute Gasteiger partial charge is 0.240 e. The van der Waals surface area contributed by atoms with Crippen LogP contribution >= 0.6 is 0 Å². The van der Waals surface area contributed by atoms with E-state index >= 15 is 0 Å². The second kappa shape index (κ2) is 14.1. The Morgan fingerprint density at radius 2 is 2.06 bits per heavy atom. The predicted molar refractivity (Wildman–Crippen MR) is 65.7 cm³/mol. The van der Waals surface area contributed by atoms with Crippen LogP contribution in [0.3, 0.4) is 0 Å². The van der Waals surface area contributed by atoms with Gasteiger partial charge >= 0.3 is 0 Å². The molecule has 16 heavy (non-hydrogen) atoms. The van der Waals surface area contributed by atoms with E-state index in [1.165, 1.54) is 6.92 Å². The maximum absolute atomic E-state index is 10.4. The van der Waals surface area contributed by atoms with Gasteiger partial charge in [0.25, 0.3) is 0 Å². The van der Waals surface area contributed by atoms with Crippen LogP contribution in [-0.2, 0) is 14.4 Å². The molecule has 0 bridgehead atoms. The van der Waals surface area contributed by atoms with Crippen molar-refractivity contribution in [2.24, 2.45) is 0 Å². The van der Waals surface area contributed by atoms with Crippen LogP contribution in [0.25, 0.3) is 0 Å². The lowest BCUT2D eigenvalue weighted by Gasteiger charge is -2.21. The minimum absolute atomic E-state index is 0.195. The van der Waals surface area contributed by atoms with E-state index in [1.807, 2.05) is 20.8 Å². The fourth-order valence-corrected chi connectivity index (χ4v) is 0.953. The molecule has 0 aromatic heterocycles. The lowest BCUT2D eigenvalue weighted by molar-refractivity contribution is -0.199. The molecule has 4 nitrogen and oxygen atoms in total. The standard InChI is InChI=1S/C7H13NO3.C3H6.C2H6/c1-6(9)8-11-7-4-2-3-5-10-7;1-3-2;1-2/h7H,2-5H2,1H3,(H,8,9);3H,1H2,2H3;1-2H3. The van der Waals surface area contributed by atoms with Gasteiger partial charge in [-0.25, -0.2) is 10.3 Å². The minimum Gasteiger partial charge on any atom is -0.350 e. The van der Waals surface area contributed by atoms with Crippen molar-refractivity contribution in [1.82, 2.24) is 5.48 Å². The Bertz CT molecular complexity index is 166. The van der Waals surface area contributed by atoms with E-state index in [1.54, 1.807) is 6.08 Å². The molecule has 0 aliphatic carbocycles. The molecule has 1 saturated heterocycles. The van der Waals surface area contributed by atoms with Crippen LogP contribution in [0.5, 0.6) is 0 Å². The molecule has 0 aromatic carbocycles. The van der Waals surface area contributed by atoms with Crippen LogP contribution in [-0.4, -0.2) is 18.8 Å². The number of hydrogen-bond acceptors (Lipinski definition) is 3. The van der Waals surface area contributed by atoms with Gasteiger partial charge in [0.1, 0.15) is 0 Å². The first-order valence-corrected chi connectivity index (χ1v) is 5.81. The molecule has 1 atom stereocenters. The Balaban J connectivity index is 0. The fourth-order valence-electron chi connectivity index (χ4n) is 0.953. The Kier molecular flexibility index (Phi) is 15.5. The average molecular weight is 231 g/mol. The van der Waals surface area contributed by atoms with Gasteiger partial charge in [-0.1, -0.05) is 19.9 Å². The summed E-state index contributed by atoms with van der Waals surface area (Å²) >= 11 is 0. The lowest BCUT2D eigenvalue weighted by atomic mass is 10.2. The monoisotopic (exact) mass is 231 g/mol. The van der Waals surface area contributed by atoms with Crippen molar-refractivity contribution >= 4 is 5.91 Å². The Morgan fingerprint density at radius 1 is 1.50 bits per heavy atom. The van der Waals surface area contributed by atoms with Gasteiger partial charge in [0.15, 0.2) is 6.29 Å². The molecule has 0 radical (unpaired) electrons. The van der Waals surface area contributed by atoms with E-state index in [4.69, 9.17) is 9.57 Å². The van der Waals surface area contributed by atoms with Crippen molar-refractivity contribution in [1.29, 1.82) is 0 Å². The summed E-state index contributed by atoms with van der Waals surface area (Å²) in [6, 6.07) is 0. The summed E-state index contributed by atoms with van der Waals surface area (Å²) in [6.07, 6.45) is 4.55. The van der Waals surface area contributed by atoms with Gasteiger partial charge in [-0.2, -0.15) is 0 Å². The van der Waals surface area contributed by atoms with Crippen LogP contribution in [0.15, 0.2) is 12.7 Å². The molecular formula is C12H25NO3. The maximum atomic E-state index is 10.4. The molecule has 1 aliphatic rings. The van der Waals surface area contributed by atoms with E-state index in [9.17, 15) is 4.79 Å². The zero-order valence-corrected chi connectivity index (χ0v) is 10.9. The molecule has 0 spiro atoms. The Labute approximate surface area is 99.0 Å². The first-order chi connectivity index (χ1) is 7.70.